The lowest BCUT2D eigenvalue weighted by molar-refractivity contribution is 0.721. The molecule has 0 aliphatic heterocycles. The number of guanidine groups is 1. The van der Waals surface area contributed by atoms with Gasteiger partial charge in [0.25, 0.3) is 0 Å². The van der Waals surface area contributed by atoms with Crippen LogP contribution in [0.25, 0.3) is 0 Å². The minimum atomic E-state index is 0. The Bertz CT molecular complexity index is 338. The highest BCUT2D eigenvalue weighted by atomic mass is 127. The SMILES string of the molecule is CC(C)NC(N)=NCCCNc1ccccc1.I. The van der Waals surface area contributed by atoms with Gasteiger partial charge in [-0.3, -0.25) is 4.99 Å². The summed E-state index contributed by atoms with van der Waals surface area (Å²) in [7, 11) is 0. The molecule has 0 aliphatic rings. The first kappa shape index (κ1) is 17.0. The van der Waals surface area contributed by atoms with E-state index < -0.39 is 0 Å². The first-order valence-corrected chi connectivity index (χ1v) is 6.04. The van der Waals surface area contributed by atoms with Crippen LogP contribution < -0.4 is 16.4 Å². The fourth-order valence-corrected chi connectivity index (χ4v) is 1.41. The lowest BCUT2D eigenvalue weighted by Gasteiger charge is -2.08. The van der Waals surface area contributed by atoms with Crippen molar-refractivity contribution in [2.24, 2.45) is 10.7 Å². The lowest BCUT2D eigenvalue weighted by atomic mass is 10.3. The maximum absolute atomic E-state index is 5.69. The number of para-hydroxylation sites is 1. The van der Waals surface area contributed by atoms with Crippen molar-refractivity contribution in [1.82, 2.24) is 5.32 Å². The molecule has 0 heterocycles. The predicted octanol–water partition coefficient (Wildman–Crippen LogP) is 2.42. The van der Waals surface area contributed by atoms with Gasteiger partial charge in [0, 0.05) is 24.8 Å². The molecule has 0 bridgehead atoms. The van der Waals surface area contributed by atoms with Crippen molar-refractivity contribution in [1.29, 1.82) is 0 Å². The standard InChI is InChI=1S/C13H22N4.HI/c1-11(2)17-13(14)16-10-6-9-15-12-7-4-3-5-8-12;/h3-5,7-8,11,15H,6,9-10H2,1-2H3,(H3,14,16,17);1H. The Morgan fingerprint density at radius 3 is 2.56 bits per heavy atom. The second kappa shape index (κ2) is 9.99. The van der Waals surface area contributed by atoms with Crippen LogP contribution in [0.1, 0.15) is 20.3 Å². The third kappa shape index (κ3) is 8.16. The van der Waals surface area contributed by atoms with E-state index >= 15 is 0 Å². The Morgan fingerprint density at radius 2 is 1.94 bits per heavy atom. The summed E-state index contributed by atoms with van der Waals surface area (Å²) in [4.78, 5) is 4.24. The van der Waals surface area contributed by atoms with Crippen molar-refractivity contribution in [2.45, 2.75) is 26.3 Å². The fourth-order valence-electron chi connectivity index (χ4n) is 1.41. The number of nitrogens with zero attached hydrogens (tertiary/aromatic N) is 1. The number of aliphatic imine (C=N–C) groups is 1. The summed E-state index contributed by atoms with van der Waals surface area (Å²) >= 11 is 0. The number of anilines is 1. The molecule has 5 heteroatoms. The zero-order valence-corrected chi connectivity index (χ0v) is 13.3. The summed E-state index contributed by atoms with van der Waals surface area (Å²) in [6.45, 7) is 5.73. The highest BCUT2D eigenvalue weighted by Gasteiger charge is 1.94. The van der Waals surface area contributed by atoms with Crippen LogP contribution in [0.5, 0.6) is 0 Å². The van der Waals surface area contributed by atoms with Gasteiger partial charge >= 0.3 is 0 Å². The predicted molar refractivity (Wildman–Crippen MR) is 89.7 cm³/mol. The molecule has 0 fully saturated rings. The monoisotopic (exact) mass is 362 g/mol. The number of halogens is 1. The third-order valence-electron chi connectivity index (χ3n) is 2.16. The zero-order valence-electron chi connectivity index (χ0n) is 11.0. The minimum absolute atomic E-state index is 0. The number of rotatable bonds is 6. The second-order valence-electron chi connectivity index (χ2n) is 4.21. The minimum Gasteiger partial charge on any atom is -0.385 e. The molecule has 0 aromatic heterocycles. The quantitative estimate of drug-likeness (QED) is 0.315. The molecule has 0 unspecified atom stereocenters. The fraction of sp³-hybridized carbons (Fsp3) is 0.462. The molecule has 18 heavy (non-hydrogen) atoms. The van der Waals surface area contributed by atoms with Crippen LogP contribution in [0.4, 0.5) is 5.69 Å². The van der Waals surface area contributed by atoms with Gasteiger partial charge in [-0.25, -0.2) is 0 Å². The molecule has 1 aromatic carbocycles. The van der Waals surface area contributed by atoms with Crippen LogP contribution in [0.3, 0.4) is 0 Å². The topological polar surface area (TPSA) is 62.4 Å². The summed E-state index contributed by atoms with van der Waals surface area (Å²) in [5.74, 6) is 0.528. The van der Waals surface area contributed by atoms with Crippen molar-refractivity contribution in [3.05, 3.63) is 30.3 Å². The Labute approximate surface area is 126 Å². The average molecular weight is 362 g/mol. The normalized spacial score (nSPS) is 10.9. The summed E-state index contributed by atoms with van der Waals surface area (Å²) in [6, 6.07) is 10.5. The number of benzene rings is 1. The van der Waals surface area contributed by atoms with Gasteiger partial charge in [0.2, 0.25) is 0 Å². The maximum atomic E-state index is 5.69. The molecule has 1 aromatic rings. The average Bonchev–Trinajstić information content (AvgIpc) is 2.29. The number of hydrogen-bond acceptors (Lipinski definition) is 2. The van der Waals surface area contributed by atoms with E-state index in [0.717, 1.165) is 25.2 Å². The Balaban J connectivity index is 0.00000289. The van der Waals surface area contributed by atoms with E-state index in [2.05, 4.69) is 27.8 Å². The van der Waals surface area contributed by atoms with Crippen LogP contribution in [-0.4, -0.2) is 25.1 Å². The molecule has 4 N–H and O–H groups in total. The van der Waals surface area contributed by atoms with E-state index in [0.29, 0.717) is 12.0 Å². The number of nitrogens with two attached hydrogens (primary N) is 1. The van der Waals surface area contributed by atoms with Crippen LogP contribution in [0, 0.1) is 0 Å². The summed E-state index contributed by atoms with van der Waals surface area (Å²) < 4.78 is 0. The molecule has 0 amide bonds. The molecule has 102 valence electrons. The van der Waals surface area contributed by atoms with Crippen LogP contribution in [0.15, 0.2) is 35.3 Å². The molecule has 0 saturated carbocycles. The Morgan fingerprint density at radius 1 is 1.28 bits per heavy atom. The molecule has 1 rings (SSSR count). The molecule has 0 radical (unpaired) electrons. The van der Waals surface area contributed by atoms with Gasteiger partial charge in [0.15, 0.2) is 5.96 Å². The molecule has 0 spiro atoms. The summed E-state index contributed by atoms with van der Waals surface area (Å²) in [5, 5.41) is 6.39. The molecule has 0 aliphatic carbocycles. The van der Waals surface area contributed by atoms with Crippen molar-refractivity contribution < 1.29 is 0 Å². The lowest BCUT2D eigenvalue weighted by Crippen LogP contribution is -2.36. The first-order valence-electron chi connectivity index (χ1n) is 6.04. The van der Waals surface area contributed by atoms with Gasteiger partial charge in [-0.2, -0.15) is 0 Å². The van der Waals surface area contributed by atoms with Crippen molar-refractivity contribution >= 4 is 35.6 Å². The number of hydrogen-bond donors (Lipinski definition) is 3. The second-order valence-corrected chi connectivity index (χ2v) is 4.21. The van der Waals surface area contributed by atoms with E-state index in [1.54, 1.807) is 0 Å². The summed E-state index contributed by atoms with van der Waals surface area (Å²) in [5.41, 5.74) is 6.83. The van der Waals surface area contributed by atoms with E-state index in [9.17, 15) is 0 Å². The molecule has 0 saturated heterocycles. The van der Waals surface area contributed by atoms with Gasteiger partial charge < -0.3 is 16.4 Å². The van der Waals surface area contributed by atoms with E-state index in [4.69, 9.17) is 5.73 Å². The van der Waals surface area contributed by atoms with Gasteiger partial charge in [-0.1, -0.05) is 18.2 Å². The van der Waals surface area contributed by atoms with Crippen molar-refractivity contribution in [3.63, 3.8) is 0 Å². The van der Waals surface area contributed by atoms with Crippen LogP contribution in [0.2, 0.25) is 0 Å². The van der Waals surface area contributed by atoms with Crippen LogP contribution >= 0.6 is 24.0 Å². The molecule has 0 atom stereocenters. The Hall–Kier alpha value is -0.980. The van der Waals surface area contributed by atoms with Gasteiger partial charge in [0.1, 0.15) is 0 Å². The van der Waals surface area contributed by atoms with E-state index in [1.807, 2.05) is 32.0 Å². The van der Waals surface area contributed by atoms with Crippen molar-refractivity contribution in [2.75, 3.05) is 18.4 Å². The highest BCUT2D eigenvalue weighted by Crippen LogP contribution is 2.04. The maximum Gasteiger partial charge on any atom is 0.188 e. The summed E-state index contributed by atoms with van der Waals surface area (Å²) in [6.07, 6.45) is 0.968. The highest BCUT2D eigenvalue weighted by molar-refractivity contribution is 14.0. The molecule has 4 nitrogen and oxygen atoms in total. The van der Waals surface area contributed by atoms with E-state index in [-0.39, 0.29) is 24.0 Å². The third-order valence-corrected chi connectivity index (χ3v) is 2.16. The zero-order chi connectivity index (χ0) is 12.5. The first-order chi connectivity index (χ1) is 8.18. The van der Waals surface area contributed by atoms with Gasteiger partial charge in [-0.05, 0) is 32.4 Å². The van der Waals surface area contributed by atoms with Gasteiger partial charge in [-0.15, -0.1) is 24.0 Å². The molecular weight excluding hydrogens is 339 g/mol. The van der Waals surface area contributed by atoms with Crippen LogP contribution in [-0.2, 0) is 0 Å². The largest absolute Gasteiger partial charge is 0.385 e. The Kier molecular flexibility index (Phi) is 9.45. The van der Waals surface area contributed by atoms with Crippen molar-refractivity contribution in [3.8, 4) is 0 Å². The smallest absolute Gasteiger partial charge is 0.188 e. The molecular formula is C13H23IN4. The van der Waals surface area contributed by atoms with Gasteiger partial charge in [0.05, 0.1) is 0 Å². The number of nitrogens with one attached hydrogen (secondary N) is 2. The van der Waals surface area contributed by atoms with E-state index in [1.165, 1.54) is 0 Å².